The van der Waals surface area contributed by atoms with Crippen LogP contribution in [0.4, 0.5) is 0 Å². The minimum atomic E-state index is 0.675. The summed E-state index contributed by atoms with van der Waals surface area (Å²) in [4.78, 5) is 1.47. The van der Waals surface area contributed by atoms with Crippen LogP contribution in [0.25, 0.3) is 0 Å². The summed E-state index contributed by atoms with van der Waals surface area (Å²) in [6.07, 6.45) is 4.96. The van der Waals surface area contributed by atoms with Gasteiger partial charge < -0.3 is 5.32 Å². The van der Waals surface area contributed by atoms with Crippen LogP contribution >= 0.6 is 27.3 Å². The van der Waals surface area contributed by atoms with Crippen molar-refractivity contribution in [1.82, 2.24) is 5.32 Å². The normalized spacial score (nSPS) is 13.1. The fourth-order valence-corrected chi connectivity index (χ4v) is 3.16. The number of thiophene rings is 1. The van der Waals surface area contributed by atoms with Gasteiger partial charge in [0.05, 0.1) is 0 Å². The van der Waals surface area contributed by atoms with E-state index in [4.69, 9.17) is 0 Å². The molecule has 1 unspecified atom stereocenters. The van der Waals surface area contributed by atoms with E-state index in [-0.39, 0.29) is 0 Å². The topological polar surface area (TPSA) is 12.0 Å². The molecule has 0 aromatic carbocycles. The maximum atomic E-state index is 3.57. The van der Waals surface area contributed by atoms with Crippen molar-refractivity contribution in [1.29, 1.82) is 0 Å². The van der Waals surface area contributed by atoms with Crippen LogP contribution in [0.15, 0.2) is 15.9 Å². The minimum absolute atomic E-state index is 0.675. The van der Waals surface area contributed by atoms with Gasteiger partial charge in [0, 0.05) is 15.4 Å². The molecule has 1 rings (SSSR count). The lowest BCUT2D eigenvalue weighted by molar-refractivity contribution is 0.485. The molecule has 80 valence electrons. The van der Waals surface area contributed by atoms with Gasteiger partial charge in [-0.1, -0.05) is 13.3 Å². The molecule has 0 aliphatic heterocycles. The van der Waals surface area contributed by atoms with Gasteiger partial charge in [-0.25, -0.2) is 0 Å². The summed E-state index contributed by atoms with van der Waals surface area (Å²) < 4.78 is 1.27. The summed E-state index contributed by atoms with van der Waals surface area (Å²) in [6, 6.07) is 2.81. The van der Waals surface area contributed by atoms with E-state index >= 15 is 0 Å². The van der Waals surface area contributed by atoms with Gasteiger partial charge in [0.1, 0.15) is 0 Å². The monoisotopic (exact) mass is 275 g/mol. The summed E-state index contributed by atoms with van der Waals surface area (Å²) >= 11 is 5.41. The second-order valence-electron chi connectivity index (χ2n) is 3.50. The zero-order valence-electron chi connectivity index (χ0n) is 8.85. The van der Waals surface area contributed by atoms with Gasteiger partial charge in [0.25, 0.3) is 0 Å². The Kier molecular flexibility index (Phi) is 5.75. The summed E-state index contributed by atoms with van der Waals surface area (Å²) in [5.41, 5.74) is 0. The molecule has 0 radical (unpaired) electrons. The van der Waals surface area contributed by atoms with E-state index in [0.29, 0.717) is 6.04 Å². The van der Waals surface area contributed by atoms with Gasteiger partial charge in [-0.3, -0.25) is 0 Å². The molecule has 0 bridgehead atoms. The van der Waals surface area contributed by atoms with Crippen molar-refractivity contribution < 1.29 is 0 Å². The molecule has 1 aromatic rings. The first-order valence-corrected chi connectivity index (χ1v) is 6.84. The molecule has 0 aliphatic carbocycles. The van der Waals surface area contributed by atoms with Crippen LogP contribution < -0.4 is 5.32 Å². The molecular weight excluding hydrogens is 258 g/mol. The van der Waals surface area contributed by atoms with Crippen LogP contribution in [-0.4, -0.2) is 13.1 Å². The van der Waals surface area contributed by atoms with E-state index in [1.165, 1.54) is 35.0 Å². The van der Waals surface area contributed by atoms with Gasteiger partial charge in [0.15, 0.2) is 0 Å². The molecule has 1 N–H and O–H groups in total. The summed E-state index contributed by atoms with van der Waals surface area (Å²) in [6.45, 7) is 2.24. The number of rotatable bonds is 6. The highest BCUT2D eigenvalue weighted by atomic mass is 79.9. The van der Waals surface area contributed by atoms with Crippen molar-refractivity contribution in [2.45, 2.75) is 38.6 Å². The van der Waals surface area contributed by atoms with Crippen molar-refractivity contribution in [2.24, 2.45) is 0 Å². The van der Waals surface area contributed by atoms with Crippen LogP contribution in [-0.2, 0) is 6.42 Å². The van der Waals surface area contributed by atoms with Crippen molar-refractivity contribution in [3.05, 3.63) is 20.8 Å². The van der Waals surface area contributed by atoms with E-state index in [2.05, 4.69) is 46.7 Å². The highest BCUT2D eigenvalue weighted by Crippen LogP contribution is 2.24. The van der Waals surface area contributed by atoms with Crippen molar-refractivity contribution in [3.63, 3.8) is 0 Å². The molecule has 14 heavy (non-hydrogen) atoms. The first-order chi connectivity index (χ1) is 6.77. The Morgan fingerprint density at radius 3 is 2.79 bits per heavy atom. The fourth-order valence-electron chi connectivity index (χ4n) is 1.59. The Balaban J connectivity index is 2.35. The van der Waals surface area contributed by atoms with Gasteiger partial charge >= 0.3 is 0 Å². The number of nitrogens with one attached hydrogen (secondary N) is 1. The minimum Gasteiger partial charge on any atom is -0.317 e. The number of hydrogen-bond donors (Lipinski definition) is 1. The first kappa shape index (κ1) is 12.2. The Morgan fingerprint density at radius 2 is 2.29 bits per heavy atom. The SMILES string of the molecule is CCCC(CCc1sccc1Br)NC. The molecule has 0 amide bonds. The van der Waals surface area contributed by atoms with Crippen LogP contribution in [0, 0.1) is 0 Å². The third kappa shape index (κ3) is 3.71. The van der Waals surface area contributed by atoms with Crippen LogP contribution in [0.1, 0.15) is 31.1 Å². The van der Waals surface area contributed by atoms with Crippen LogP contribution in [0.5, 0.6) is 0 Å². The van der Waals surface area contributed by atoms with Crippen molar-refractivity contribution >= 4 is 27.3 Å². The predicted octanol–water partition coefficient (Wildman–Crippen LogP) is 3.83. The smallest absolute Gasteiger partial charge is 0.0314 e. The lowest BCUT2D eigenvalue weighted by atomic mass is 10.1. The molecule has 1 nitrogen and oxygen atoms in total. The van der Waals surface area contributed by atoms with E-state index in [9.17, 15) is 0 Å². The highest BCUT2D eigenvalue weighted by Gasteiger charge is 2.07. The number of aryl methyl sites for hydroxylation is 1. The first-order valence-electron chi connectivity index (χ1n) is 5.17. The molecule has 0 saturated heterocycles. The third-order valence-corrected chi connectivity index (χ3v) is 4.44. The average molecular weight is 276 g/mol. The second kappa shape index (κ2) is 6.59. The quantitative estimate of drug-likeness (QED) is 0.832. The molecule has 1 atom stereocenters. The average Bonchev–Trinajstić information content (AvgIpc) is 2.59. The Morgan fingerprint density at radius 1 is 1.50 bits per heavy atom. The molecule has 0 spiro atoms. The predicted molar refractivity (Wildman–Crippen MR) is 68.1 cm³/mol. The lowest BCUT2D eigenvalue weighted by Crippen LogP contribution is -2.25. The van der Waals surface area contributed by atoms with Gasteiger partial charge in [-0.05, 0) is 53.7 Å². The van der Waals surface area contributed by atoms with Gasteiger partial charge in [-0.2, -0.15) is 0 Å². The molecule has 0 fully saturated rings. The second-order valence-corrected chi connectivity index (χ2v) is 5.36. The molecule has 3 heteroatoms. The molecule has 0 aliphatic rings. The zero-order valence-corrected chi connectivity index (χ0v) is 11.2. The van der Waals surface area contributed by atoms with Crippen molar-refractivity contribution in [3.8, 4) is 0 Å². The molecule has 0 saturated carbocycles. The lowest BCUT2D eigenvalue weighted by Gasteiger charge is -2.14. The zero-order chi connectivity index (χ0) is 10.4. The maximum Gasteiger partial charge on any atom is 0.0314 e. The van der Waals surface area contributed by atoms with Crippen molar-refractivity contribution in [2.75, 3.05) is 7.05 Å². The largest absolute Gasteiger partial charge is 0.317 e. The number of hydrogen-bond acceptors (Lipinski definition) is 2. The van der Waals surface area contributed by atoms with Crippen LogP contribution in [0.2, 0.25) is 0 Å². The molecule has 1 heterocycles. The highest BCUT2D eigenvalue weighted by molar-refractivity contribution is 9.10. The van der Waals surface area contributed by atoms with E-state index in [0.717, 1.165) is 0 Å². The third-order valence-electron chi connectivity index (χ3n) is 2.46. The molecular formula is C11H18BrNS. The maximum absolute atomic E-state index is 3.57. The van der Waals surface area contributed by atoms with E-state index in [1.54, 1.807) is 0 Å². The van der Waals surface area contributed by atoms with Crippen LogP contribution in [0.3, 0.4) is 0 Å². The molecule has 1 aromatic heterocycles. The number of halogens is 1. The van der Waals surface area contributed by atoms with Gasteiger partial charge in [0.2, 0.25) is 0 Å². The Hall–Kier alpha value is 0.140. The standard InChI is InChI=1S/C11H18BrNS/c1-3-4-9(13-2)5-6-11-10(12)7-8-14-11/h7-9,13H,3-6H2,1-2H3. The fraction of sp³-hybridized carbons (Fsp3) is 0.636. The summed E-state index contributed by atoms with van der Waals surface area (Å²) in [7, 11) is 2.06. The van der Waals surface area contributed by atoms with Gasteiger partial charge in [-0.15, -0.1) is 11.3 Å². The van der Waals surface area contributed by atoms with E-state index in [1.807, 2.05) is 11.3 Å². The summed E-state index contributed by atoms with van der Waals surface area (Å²) in [5, 5.41) is 5.52. The summed E-state index contributed by atoms with van der Waals surface area (Å²) in [5.74, 6) is 0. The Labute approximate surface area is 99.0 Å². The Bertz CT molecular complexity index is 260. The van der Waals surface area contributed by atoms with E-state index < -0.39 is 0 Å².